The van der Waals surface area contributed by atoms with Gasteiger partial charge in [0.05, 0.1) is 17.6 Å². The molecule has 1 aromatic carbocycles. The Labute approximate surface area is 148 Å². The molecule has 2 aliphatic heterocycles. The van der Waals surface area contributed by atoms with E-state index in [9.17, 15) is 9.90 Å². The molecular formula is C19H15N3O2S. The molecular weight excluding hydrogens is 334 g/mol. The second kappa shape index (κ2) is 4.97. The number of ketones is 1. The molecule has 3 aromatic rings. The first-order valence-electron chi connectivity index (χ1n) is 8.14. The smallest absolute Gasteiger partial charge is 0.204 e. The number of carbonyl (C=O) groups is 1. The molecule has 1 N–H and O–H groups in total. The third-order valence-corrected chi connectivity index (χ3v) is 5.76. The van der Waals surface area contributed by atoms with Gasteiger partial charge < -0.3 is 10.0 Å². The van der Waals surface area contributed by atoms with Crippen LogP contribution in [0, 0.1) is 6.92 Å². The van der Waals surface area contributed by atoms with Gasteiger partial charge in [0.25, 0.3) is 0 Å². The van der Waals surface area contributed by atoms with Crippen molar-refractivity contribution < 1.29 is 9.90 Å². The van der Waals surface area contributed by atoms with Gasteiger partial charge in [0.15, 0.2) is 5.60 Å². The fraction of sp³-hybridized carbons (Fsp3) is 0.211. The maximum absolute atomic E-state index is 12.9. The lowest BCUT2D eigenvalue weighted by atomic mass is 9.87. The summed E-state index contributed by atoms with van der Waals surface area (Å²) in [5, 5.41) is 14.1. The molecule has 6 heteroatoms. The minimum atomic E-state index is -1.55. The predicted molar refractivity (Wildman–Crippen MR) is 99.1 cm³/mol. The van der Waals surface area contributed by atoms with Crippen LogP contribution in [0.3, 0.4) is 0 Å². The van der Waals surface area contributed by atoms with Crippen molar-refractivity contribution in [3.8, 4) is 0 Å². The lowest BCUT2D eigenvalue weighted by Crippen LogP contribution is -2.48. The largest absolute Gasteiger partial charge is 0.374 e. The van der Waals surface area contributed by atoms with Crippen LogP contribution < -0.4 is 4.90 Å². The summed E-state index contributed by atoms with van der Waals surface area (Å²) in [4.78, 5) is 24.9. The summed E-state index contributed by atoms with van der Waals surface area (Å²) in [6.45, 7) is 2.46. The summed E-state index contributed by atoms with van der Waals surface area (Å²) in [7, 11) is 0. The van der Waals surface area contributed by atoms with Gasteiger partial charge in [-0.1, -0.05) is 11.6 Å². The zero-order valence-corrected chi connectivity index (χ0v) is 14.4. The van der Waals surface area contributed by atoms with Gasteiger partial charge in [-0.05, 0) is 36.6 Å². The van der Waals surface area contributed by atoms with E-state index in [2.05, 4.69) is 9.98 Å². The third-order valence-electron chi connectivity index (χ3n) is 4.92. The lowest BCUT2D eigenvalue weighted by Gasteiger charge is -2.29. The minimum absolute atomic E-state index is 0.261. The molecule has 1 atom stereocenters. The van der Waals surface area contributed by atoms with Gasteiger partial charge in [-0.25, -0.2) is 9.98 Å². The van der Waals surface area contributed by atoms with E-state index in [4.69, 9.17) is 0 Å². The molecule has 1 saturated heterocycles. The number of aryl methyl sites for hydroxylation is 1. The highest BCUT2D eigenvalue weighted by Crippen LogP contribution is 2.40. The van der Waals surface area contributed by atoms with E-state index in [-0.39, 0.29) is 5.78 Å². The second-order valence-corrected chi connectivity index (χ2v) is 7.45. The molecule has 124 valence electrons. The number of hydrogen-bond acceptors (Lipinski definition) is 6. The van der Waals surface area contributed by atoms with Crippen molar-refractivity contribution in [2.45, 2.75) is 18.9 Å². The Balaban J connectivity index is 1.67. The summed E-state index contributed by atoms with van der Waals surface area (Å²) < 4.78 is 0. The van der Waals surface area contributed by atoms with Crippen molar-refractivity contribution in [1.29, 1.82) is 0 Å². The molecule has 4 heterocycles. The summed E-state index contributed by atoms with van der Waals surface area (Å²) in [5.74, 6) is 0.147. The van der Waals surface area contributed by atoms with Crippen LogP contribution in [0.15, 0.2) is 46.9 Å². The number of carbonyl (C=O) groups excluding carboxylic acids is 1. The molecule has 0 amide bonds. The summed E-state index contributed by atoms with van der Waals surface area (Å²) in [6.07, 6.45) is 2.11. The van der Waals surface area contributed by atoms with E-state index < -0.39 is 5.60 Å². The van der Waals surface area contributed by atoms with Crippen molar-refractivity contribution in [3.05, 3.63) is 53.0 Å². The molecule has 2 aliphatic rings. The first-order chi connectivity index (χ1) is 12.1. The normalized spacial score (nSPS) is 22.1. The van der Waals surface area contributed by atoms with Crippen molar-refractivity contribution >= 4 is 44.5 Å². The maximum Gasteiger partial charge on any atom is 0.204 e. The minimum Gasteiger partial charge on any atom is -0.374 e. The fourth-order valence-electron chi connectivity index (χ4n) is 3.59. The van der Waals surface area contributed by atoms with Crippen LogP contribution in [0.2, 0.25) is 0 Å². The van der Waals surface area contributed by atoms with Crippen molar-refractivity contribution in [1.82, 2.24) is 4.98 Å². The van der Waals surface area contributed by atoms with Crippen molar-refractivity contribution in [2.75, 3.05) is 11.4 Å². The second-order valence-electron chi connectivity index (χ2n) is 6.56. The number of nitrogens with zero attached hydrogens (tertiary/aromatic N) is 3. The van der Waals surface area contributed by atoms with Gasteiger partial charge >= 0.3 is 0 Å². The number of aliphatic hydroxyl groups is 1. The number of anilines is 1. The lowest BCUT2D eigenvalue weighted by molar-refractivity contribution is 0.0602. The first-order valence-corrected chi connectivity index (χ1v) is 9.02. The average Bonchev–Trinajstić information content (AvgIpc) is 3.20. The first kappa shape index (κ1) is 14.7. The molecule has 0 spiro atoms. The van der Waals surface area contributed by atoms with E-state index in [0.29, 0.717) is 30.1 Å². The van der Waals surface area contributed by atoms with Crippen molar-refractivity contribution in [3.63, 3.8) is 0 Å². The highest BCUT2D eigenvalue weighted by atomic mass is 32.1. The molecule has 5 nitrogen and oxygen atoms in total. The summed E-state index contributed by atoms with van der Waals surface area (Å²) >= 11 is 1.59. The van der Waals surface area contributed by atoms with E-state index in [1.54, 1.807) is 23.6 Å². The fourth-order valence-corrected chi connectivity index (χ4v) is 4.32. The number of fused-ring (bicyclic) bond motifs is 3. The van der Waals surface area contributed by atoms with Crippen LogP contribution in [-0.2, 0) is 0 Å². The molecule has 0 bridgehead atoms. The Hall–Kier alpha value is -2.57. The van der Waals surface area contributed by atoms with Crippen molar-refractivity contribution in [2.24, 2.45) is 4.99 Å². The number of benzene rings is 1. The number of aromatic nitrogens is 1. The number of aliphatic imine (C=N–C) groups is 1. The standard InChI is InChI=1S/C19H15N3O2S/c1-11-2-3-15-14(8-11)16(23)19(24)5-6-22(18(19)21-15)13-9-12-4-7-25-17(12)20-10-13/h2-4,7-10,24H,5-6H2,1H3. The molecule has 0 radical (unpaired) electrons. The highest BCUT2D eigenvalue weighted by Gasteiger charge is 2.52. The van der Waals surface area contributed by atoms with Gasteiger partial charge in [0.1, 0.15) is 10.7 Å². The maximum atomic E-state index is 12.9. The molecule has 25 heavy (non-hydrogen) atoms. The van der Waals surface area contributed by atoms with Gasteiger partial charge in [0, 0.05) is 23.9 Å². The van der Waals surface area contributed by atoms with E-state index in [1.807, 2.05) is 41.5 Å². The van der Waals surface area contributed by atoms with E-state index in [0.717, 1.165) is 21.5 Å². The number of rotatable bonds is 1. The van der Waals surface area contributed by atoms with Gasteiger partial charge in [-0.2, -0.15) is 0 Å². The van der Waals surface area contributed by atoms with E-state index in [1.165, 1.54) is 0 Å². The van der Waals surface area contributed by atoms with Crippen LogP contribution in [0.4, 0.5) is 11.4 Å². The zero-order valence-electron chi connectivity index (χ0n) is 13.6. The number of thiophene rings is 1. The molecule has 0 saturated carbocycles. The third kappa shape index (κ3) is 2.01. The van der Waals surface area contributed by atoms with Crippen LogP contribution in [0.25, 0.3) is 10.2 Å². The molecule has 1 fully saturated rings. The number of pyridine rings is 1. The monoisotopic (exact) mass is 349 g/mol. The summed E-state index contributed by atoms with van der Waals surface area (Å²) in [5.41, 5.74) is 1.40. The Morgan fingerprint density at radius 1 is 1.28 bits per heavy atom. The Kier molecular flexibility index (Phi) is 2.93. The molecule has 1 unspecified atom stereocenters. The number of Topliss-reactive ketones (excluding diaryl/α,β-unsaturated/α-hetero) is 1. The molecule has 0 aliphatic carbocycles. The van der Waals surface area contributed by atoms with Gasteiger partial charge in [-0.15, -0.1) is 11.3 Å². The quantitative estimate of drug-likeness (QED) is 0.730. The van der Waals surface area contributed by atoms with Crippen LogP contribution in [-0.4, -0.2) is 33.9 Å². The number of hydrogen-bond donors (Lipinski definition) is 1. The topological polar surface area (TPSA) is 65.8 Å². The SMILES string of the molecule is Cc1ccc2c(c1)C(=O)C1(O)CCN(c3cnc4sccc4c3)C1=N2. The summed E-state index contributed by atoms with van der Waals surface area (Å²) in [6, 6.07) is 9.62. The van der Waals surface area contributed by atoms with Gasteiger partial charge in [-0.3, -0.25) is 4.79 Å². The molecule has 2 aromatic heterocycles. The Morgan fingerprint density at radius 2 is 2.16 bits per heavy atom. The Bertz CT molecular complexity index is 1070. The predicted octanol–water partition coefficient (Wildman–Crippen LogP) is 3.47. The molecule has 5 rings (SSSR count). The number of amidine groups is 1. The van der Waals surface area contributed by atoms with Crippen LogP contribution in [0.5, 0.6) is 0 Å². The highest BCUT2D eigenvalue weighted by molar-refractivity contribution is 7.16. The van der Waals surface area contributed by atoms with E-state index >= 15 is 0 Å². The van der Waals surface area contributed by atoms with Crippen LogP contribution >= 0.6 is 11.3 Å². The van der Waals surface area contributed by atoms with Gasteiger partial charge in [0.2, 0.25) is 5.78 Å². The zero-order chi connectivity index (χ0) is 17.2. The Morgan fingerprint density at radius 3 is 3.04 bits per heavy atom. The average molecular weight is 349 g/mol. The van der Waals surface area contributed by atoms with Crippen LogP contribution in [0.1, 0.15) is 22.3 Å².